The maximum absolute atomic E-state index is 11.4. The molecule has 0 bridgehead atoms. The summed E-state index contributed by atoms with van der Waals surface area (Å²) in [6.45, 7) is 0.397. The molecule has 19 heavy (non-hydrogen) atoms. The molecule has 2 heterocycles. The van der Waals surface area contributed by atoms with Crippen molar-refractivity contribution < 1.29 is 14.4 Å². The van der Waals surface area contributed by atoms with Crippen LogP contribution in [0.5, 0.6) is 0 Å². The number of hydrogen-bond acceptors (Lipinski definition) is 4. The molecule has 0 aliphatic carbocycles. The van der Waals surface area contributed by atoms with Crippen LogP contribution < -0.4 is 10.9 Å². The smallest absolute Gasteiger partial charge is 0.329 e. The van der Waals surface area contributed by atoms with E-state index in [9.17, 15) is 9.36 Å². The number of fused-ring (bicyclic) bond motifs is 1. The molecule has 8 nitrogen and oxygen atoms in total. The summed E-state index contributed by atoms with van der Waals surface area (Å²) < 4.78 is 10.6. The Balaban J connectivity index is 2.01. The van der Waals surface area contributed by atoms with Gasteiger partial charge in [-0.25, -0.2) is 4.98 Å². The molecule has 0 aliphatic heterocycles. The molecule has 0 saturated heterocycles. The van der Waals surface area contributed by atoms with Crippen LogP contribution in [0.3, 0.4) is 0 Å². The van der Waals surface area contributed by atoms with Crippen LogP contribution in [-0.2, 0) is 11.1 Å². The van der Waals surface area contributed by atoms with Crippen LogP contribution in [0, 0.1) is 0 Å². The van der Waals surface area contributed by atoms with Crippen molar-refractivity contribution in [1.29, 1.82) is 0 Å². The minimum Gasteiger partial charge on any atom is -0.387 e. The fourth-order valence-electron chi connectivity index (χ4n) is 1.58. The highest BCUT2D eigenvalue weighted by atomic mass is 31.2. The number of hydrogen-bond donors (Lipinski definition) is 5. The predicted octanol–water partition coefficient (Wildman–Crippen LogP) is 0.0322. The lowest BCUT2D eigenvalue weighted by molar-refractivity contribution is 0.377. The molecule has 102 valence electrons. The highest BCUT2D eigenvalue weighted by Crippen LogP contribution is 2.33. The van der Waals surface area contributed by atoms with Gasteiger partial charge in [-0.3, -0.25) is 9.36 Å². The Kier molecular flexibility index (Phi) is 3.84. The van der Waals surface area contributed by atoms with Gasteiger partial charge in [0.1, 0.15) is 11.0 Å². The van der Waals surface area contributed by atoms with Crippen LogP contribution >= 0.6 is 7.60 Å². The topological polar surface area (TPSA) is 131 Å². The molecule has 0 aliphatic rings. The average Bonchev–Trinajstić information content (AvgIpc) is 2.72. The van der Waals surface area contributed by atoms with Crippen molar-refractivity contribution in [3.63, 3.8) is 0 Å². The maximum Gasteiger partial charge on any atom is 0.329 e. The molecule has 5 N–H and O–H groups in total. The molecule has 0 radical (unpaired) electrons. The van der Waals surface area contributed by atoms with Gasteiger partial charge < -0.3 is 25.1 Å². The molecule has 2 aromatic heterocycles. The minimum atomic E-state index is -4.00. The lowest BCUT2D eigenvalue weighted by atomic mass is 10.3. The molecular formula is C10H13N4O4P. The lowest BCUT2D eigenvalue weighted by Crippen LogP contribution is -2.07. The SMILES string of the molecule is O=c1[nH]cnc2c(CNC=CCP(=O)(O)O)c[nH]c12. The van der Waals surface area contributed by atoms with Crippen molar-refractivity contribution in [2.24, 2.45) is 0 Å². The average molecular weight is 284 g/mol. The second kappa shape index (κ2) is 5.40. The number of aromatic amines is 2. The van der Waals surface area contributed by atoms with E-state index in [1.165, 1.54) is 18.6 Å². The van der Waals surface area contributed by atoms with Crippen molar-refractivity contribution in [2.75, 3.05) is 6.16 Å². The zero-order valence-corrected chi connectivity index (χ0v) is 10.7. The van der Waals surface area contributed by atoms with Crippen LogP contribution in [0.15, 0.2) is 29.6 Å². The second-order valence-electron chi connectivity index (χ2n) is 3.90. The summed E-state index contributed by atoms with van der Waals surface area (Å²) in [5.74, 6) is 0. The molecule has 0 atom stereocenters. The zero-order chi connectivity index (χ0) is 13.9. The van der Waals surface area contributed by atoms with Crippen LogP contribution in [-0.4, -0.2) is 30.9 Å². The van der Waals surface area contributed by atoms with Crippen LogP contribution in [0.1, 0.15) is 5.56 Å². The number of aromatic nitrogens is 3. The number of allylic oxidation sites excluding steroid dienone is 1. The fourth-order valence-corrected chi connectivity index (χ4v) is 1.96. The van der Waals surface area contributed by atoms with Crippen LogP contribution in [0.2, 0.25) is 0 Å². The lowest BCUT2D eigenvalue weighted by Gasteiger charge is -2.00. The van der Waals surface area contributed by atoms with Gasteiger partial charge in [-0.05, 0) is 6.20 Å². The van der Waals surface area contributed by atoms with Gasteiger partial charge in [-0.1, -0.05) is 6.08 Å². The summed E-state index contributed by atoms with van der Waals surface area (Å²) in [6, 6.07) is 0. The van der Waals surface area contributed by atoms with E-state index in [0.717, 1.165) is 5.56 Å². The molecule has 0 unspecified atom stereocenters. The zero-order valence-electron chi connectivity index (χ0n) is 9.83. The van der Waals surface area contributed by atoms with E-state index in [2.05, 4.69) is 20.3 Å². The van der Waals surface area contributed by atoms with Gasteiger partial charge in [0.15, 0.2) is 0 Å². The molecule has 0 fully saturated rings. The van der Waals surface area contributed by atoms with E-state index < -0.39 is 7.60 Å². The highest BCUT2D eigenvalue weighted by molar-refractivity contribution is 7.51. The quantitative estimate of drug-likeness (QED) is 0.492. The first-order valence-corrected chi connectivity index (χ1v) is 7.24. The highest BCUT2D eigenvalue weighted by Gasteiger charge is 2.09. The summed E-state index contributed by atoms with van der Waals surface area (Å²) in [5, 5.41) is 2.88. The summed E-state index contributed by atoms with van der Waals surface area (Å²) in [7, 11) is -4.00. The first-order valence-electron chi connectivity index (χ1n) is 5.44. The van der Waals surface area contributed by atoms with Gasteiger partial charge in [-0.15, -0.1) is 0 Å². The van der Waals surface area contributed by atoms with E-state index in [1.807, 2.05) is 0 Å². The minimum absolute atomic E-state index is 0.242. The Bertz CT molecular complexity index is 699. The van der Waals surface area contributed by atoms with Crippen LogP contribution in [0.4, 0.5) is 0 Å². The van der Waals surface area contributed by atoms with Crippen molar-refractivity contribution in [2.45, 2.75) is 6.54 Å². The fraction of sp³-hybridized carbons (Fsp3) is 0.200. The van der Waals surface area contributed by atoms with Gasteiger partial charge in [0.25, 0.3) is 5.56 Å². The molecule has 0 saturated carbocycles. The van der Waals surface area contributed by atoms with Crippen molar-refractivity contribution in [1.82, 2.24) is 20.3 Å². The van der Waals surface area contributed by atoms with Gasteiger partial charge in [-0.2, -0.15) is 0 Å². The third-order valence-electron chi connectivity index (χ3n) is 2.42. The van der Waals surface area contributed by atoms with E-state index in [1.54, 1.807) is 6.20 Å². The Morgan fingerprint density at radius 1 is 1.42 bits per heavy atom. The van der Waals surface area contributed by atoms with Crippen molar-refractivity contribution >= 4 is 18.6 Å². The van der Waals surface area contributed by atoms with Gasteiger partial charge in [0, 0.05) is 18.3 Å². The third kappa shape index (κ3) is 3.54. The summed E-state index contributed by atoms with van der Waals surface area (Å²) in [5.41, 5.74) is 1.52. The Morgan fingerprint density at radius 3 is 2.95 bits per heavy atom. The second-order valence-corrected chi connectivity index (χ2v) is 5.59. The maximum atomic E-state index is 11.4. The summed E-state index contributed by atoms with van der Waals surface area (Å²) in [6.07, 6.45) is 5.50. The predicted molar refractivity (Wildman–Crippen MR) is 69.6 cm³/mol. The molecule has 0 aromatic carbocycles. The Labute approximate surface area is 107 Å². The summed E-state index contributed by atoms with van der Waals surface area (Å²) >= 11 is 0. The molecule has 0 amide bonds. The molecule has 0 spiro atoms. The van der Waals surface area contributed by atoms with Crippen LogP contribution in [0.25, 0.3) is 11.0 Å². The first kappa shape index (κ1) is 13.5. The Morgan fingerprint density at radius 2 is 2.21 bits per heavy atom. The number of rotatable bonds is 5. The normalized spacial score (nSPS) is 12.3. The largest absolute Gasteiger partial charge is 0.387 e. The van der Waals surface area contributed by atoms with Gasteiger partial charge in [0.05, 0.1) is 12.5 Å². The third-order valence-corrected chi connectivity index (χ3v) is 3.11. The first-order chi connectivity index (χ1) is 8.97. The van der Waals surface area contributed by atoms with Gasteiger partial charge in [0.2, 0.25) is 0 Å². The van der Waals surface area contributed by atoms with E-state index in [-0.39, 0.29) is 11.7 Å². The monoisotopic (exact) mass is 284 g/mol. The number of nitrogens with one attached hydrogen (secondary N) is 3. The van der Waals surface area contributed by atoms with E-state index >= 15 is 0 Å². The molecule has 2 rings (SSSR count). The molecule has 9 heteroatoms. The van der Waals surface area contributed by atoms with E-state index in [0.29, 0.717) is 17.6 Å². The molecular weight excluding hydrogens is 271 g/mol. The van der Waals surface area contributed by atoms with Crippen molar-refractivity contribution in [3.05, 3.63) is 40.7 Å². The summed E-state index contributed by atoms with van der Waals surface area (Å²) in [4.78, 5) is 38.1. The standard InChI is InChI=1S/C10H13N4O4P/c15-10-9-8(13-6-14-10)7(5-12-9)4-11-2-1-3-19(16,17)18/h1-2,5-6,11-12H,3-4H2,(H,13,14,15)(H2,16,17,18). The molecule has 2 aromatic rings. The number of H-pyrrole nitrogens is 2. The van der Waals surface area contributed by atoms with Gasteiger partial charge >= 0.3 is 7.60 Å². The number of nitrogens with zero attached hydrogens (tertiary/aromatic N) is 1. The Hall–Kier alpha value is -1.89. The van der Waals surface area contributed by atoms with Crippen molar-refractivity contribution in [3.8, 4) is 0 Å². The van der Waals surface area contributed by atoms with E-state index in [4.69, 9.17) is 9.79 Å².